The molecule has 0 rings (SSSR count). The van der Waals surface area contributed by atoms with E-state index in [1.54, 1.807) is 0 Å². The highest BCUT2D eigenvalue weighted by atomic mass is 28.4. The molecule has 0 fully saturated rings. The minimum atomic E-state index is -2.39. The molecule has 0 amide bonds. The van der Waals surface area contributed by atoms with Gasteiger partial charge in [0.25, 0.3) is 0 Å². The van der Waals surface area contributed by atoms with Crippen LogP contribution in [0, 0.1) is 0 Å². The van der Waals surface area contributed by atoms with Gasteiger partial charge in [-0.15, -0.1) is 0 Å². The quantitative estimate of drug-likeness (QED) is 0.321. The van der Waals surface area contributed by atoms with Crippen molar-refractivity contribution in [2.75, 3.05) is 19.8 Å². The van der Waals surface area contributed by atoms with Gasteiger partial charge in [0, 0.05) is 25.9 Å². The summed E-state index contributed by atoms with van der Waals surface area (Å²) in [7, 11) is -2.39. The molecule has 4 heteroatoms. The van der Waals surface area contributed by atoms with Crippen LogP contribution < -0.4 is 0 Å². The predicted octanol–water partition coefficient (Wildman–Crippen LogP) is 3.78. The first-order valence-corrected chi connectivity index (χ1v) is 8.74. The summed E-state index contributed by atoms with van der Waals surface area (Å²) in [6.07, 6.45) is 7.68. The molecule has 0 aliphatic heterocycles. The predicted molar refractivity (Wildman–Crippen MR) is 74.1 cm³/mol. The van der Waals surface area contributed by atoms with Crippen molar-refractivity contribution in [3.63, 3.8) is 0 Å². The second-order valence-corrected chi connectivity index (χ2v) is 6.49. The average molecular weight is 260 g/mol. The van der Waals surface area contributed by atoms with E-state index in [0.717, 1.165) is 25.3 Å². The van der Waals surface area contributed by atoms with Gasteiger partial charge in [-0.2, -0.15) is 0 Å². The second-order valence-electron chi connectivity index (χ2n) is 3.75. The topological polar surface area (TPSA) is 27.7 Å². The van der Waals surface area contributed by atoms with Gasteiger partial charge in [0.2, 0.25) is 0 Å². The van der Waals surface area contributed by atoms with E-state index in [-0.39, 0.29) is 0 Å². The molecule has 3 nitrogen and oxygen atoms in total. The van der Waals surface area contributed by atoms with Crippen LogP contribution in [0.15, 0.2) is 12.2 Å². The Balaban J connectivity index is 4.18. The van der Waals surface area contributed by atoms with E-state index in [9.17, 15) is 0 Å². The summed E-state index contributed by atoms with van der Waals surface area (Å²) in [6, 6.07) is 0.913. The minimum Gasteiger partial charge on any atom is -0.374 e. The third kappa shape index (κ3) is 7.71. The van der Waals surface area contributed by atoms with E-state index in [0.29, 0.717) is 19.8 Å². The van der Waals surface area contributed by atoms with Crippen LogP contribution in [-0.4, -0.2) is 28.6 Å². The number of allylic oxidation sites excluding steroid dienone is 2. The fraction of sp³-hybridized carbons (Fsp3) is 0.846. The molecule has 0 unspecified atom stereocenters. The van der Waals surface area contributed by atoms with Crippen LogP contribution in [0.25, 0.3) is 0 Å². The highest BCUT2D eigenvalue weighted by molar-refractivity contribution is 6.60. The van der Waals surface area contributed by atoms with Gasteiger partial charge < -0.3 is 13.3 Å². The highest BCUT2D eigenvalue weighted by Crippen LogP contribution is 2.19. The Morgan fingerprint density at radius 3 is 1.76 bits per heavy atom. The molecule has 0 saturated carbocycles. The van der Waals surface area contributed by atoms with Crippen molar-refractivity contribution in [1.29, 1.82) is 0 Å². The van der Waals surface area contributed by atoms with Crippen LogP contribution in [0.4, 0.5) is 0 Å². The molecule has 0 aromatic carbocycles. The van der Waals surface area contributed by atoms with Gasteiger partial charge in [-0.25, -0.2) is 0 Å². The van der Waals surface area contributed by atoms with Crippen LogP contribution in [0.2, 0.25) is 6.04 Å². The van der Waals surface area contributed by atoms with Gasteiger partial charge in [-0.3, -0.25) is 0 Å². The van der Waals surface area contributed by atoms with Crippen molar-refractivity contribution in [2.24, 2.45) is 0 Å². The maximum atomic E-state index is 5.79. The van der Waals surface area contributed by atoms with Crippen molar-refractivity contribution in [3.8, 4) is 0 Å². The summed E-state index contributed by atoms with van der Waals surface area (Å²) in [5.74, 6) is 0. The van der Waals surface area contributed by atoms with Crippen LogP contribution in [0.5, 0.6) is 0 Å². The molecule has 0 saturated heterocycles. The lowest BCUT2D eigenvalue weighted by atomic mass is 10.3. The van der Waals surface area contributed by atoms with Gasteiger partial charge in [-0.05, 0) is 40.0 Å². The normalized spacial score (nSPS) is 12.5. The van der Waals surface area contributed by atoms with E-state index in [1.165, 1.54) is 0 Å². The van der Waals surface area contributed by atoms with Crippen LogP contribution >= 0.6 is 0 Å². The SMILES string of the molecule is CC/C=C/CCC[Si](OCC)(OCC)OCC. The number of rotatable bonds is 11. The summed E-state index contributed by atoms with van der Waals surface area (Å²) in [4.78, 5) is 0. The minimum absolute atomic E-state index is 0.664. The van der Waals surface area contributed by atoms with E-state index in [4.69, 9.17) is 13.3 Å². The van der Waals surface area contributed by atoms with Crippen LogP contribution in [0.1, 0.15) is 47.0 Å². The summed E-state index contributed by atoms with van der Waals surface area (Å²) in [5, 5.41) is 0. The average Bonchev–Trinajstić information content (AvgIpc) is 2.30. The molecular formula is C13H28O3Si. The molecule has 0 bridgehead atoms. The molecule has 0 spiro atoms. The molecule has 0 atom stereocenters. The number of hydrogen-bond donors (Lipinski definition) is 0. The number of unbranched alkanes of at least 4 members (excludes halogenated alkanes) is 1. The molecule has 0 aliphatic rings. The third-order valence-electron chi connectivity index (χ3n) is 2.35. The Bertz CT molecular complexity index is 178. The van der Waals surface area contributed by atoms with Crippen LogP contribution in [-0.2, 0) is 13.3 Å². The van der Waals surface area contributed by atoms with Gasteiger partial charge >= 0.3 is 8.80 Å². The van der Waals surface area contributed by atoms with Gasteiger partial charge in [0.05, 0.1) is 0 Å². The zero-order valence-corrected chi connectivity index (χ0v) is 12.8. The molecule has 0 heterocycles. The van der Waals surface area contributed by atoms with E-state index in [1.807, 2.05) is 20.8 Å². The van der Waals surface area contributed by atoms with Crippen molar-refractivity contribution < 1.29 is 13.3 Å². The fourth-order valence-electron chi connectivity index (χ4n) is 1.72. The summed E-state index contributed by atoms with van der Waals surface area (Å²) >= 11 is 0. The van der Waals surface area contributed by atoms with Crippen molar-refractivity contribution in [1.82, 2.24) is 0 Å². The Hall–Kier alpha value is -0.163. The molecule has 17 heavy (non-hydrogen) atoms. The monoisotopic (exact) mass is 260 g/mol. The third-order valence-corrected chi connectivity index (χ3v) is 5.50. The molecule has 0 aliphatic carbocycles. The molecular weight excluding hydrogens is 232 g/mol. The van der Waals surface area contributed by atoms with Crippen LogP contribution in [0.3, 0.4) is 0 Å². The lowest BCUT2D eigenvalue weighted by Gasteiger charge is -2.28. The largest absolute Gasteiger partial charge is 0.500 e. The molecule has 0 aromatic rings. The van der Waals surface area contributed by atoms with Gasteiger partial charge in [0.1, 0.15) is 0 Å². The zero-order valence-electron chi connectivity index (χ0n) is 11.8. The summed E-state index contributed by atoms with van der Waals surface area (Å²) < 4.78 is 17.4. The molecule has 0 N–H and O–H groups in total. The second kappa shape index (κ2) is 11.0. The van der Waals surface area contributed by atoms with Crippen molar-refractivity contribution >= 4 is 8.80 Å². The first-order valence-electron chi connectivity index (χ1n) is 6.81. The summed E-state index contributed by atoms with van der Waals surface area (Å²) in [6.45, 7) is 10.1. The first kappa shape index (κ1) is 16.8. The summed E-state index contributed by atoms with van der Waals surface area (Å²) in [5.41, 5.74) is 0. The Morgan fingerprint density at radius 1 is 0.824 bits per heavy atom. The smallest absolute Gasteiger partial charge is 0.374 e. The lowest BCUT2D eigenvalue weighted by Crippen LogP contribution is -2.45. The lowest BCUT2D eigenvalue weighted by molar-refractivity contribution is 0.0709. The van der Waals surface area contributed by atoms with E-state index < -0.39 is 8.80 Å². The zero-order chi connectivity index (χ0) is 13.0. The highest BCUT2D eigenvalue weighted by Gasteiger charge is 2.39. The Kier molecular flexibility index (Phi) is 10.9. The first-order chi connectivity index (χ1) is 8.24. The van der Waals surface area contributed by atoms with Gasteiger partial charge in [-0.1, -0.05) is 19.1 Å². The Labute approximate surface area is 108 Å². The van der Waals surface area contributed by atoms with Gasteiger partial charge in [0.15, 0.2) is 0 Å². The van der Waals surface area contributed by atoms with Crippen molar-refractivity contribution in [2.45, 2.75) is 53.0 Å². The molecule has 0 radical (unpaired) electrons. The standard InChI is InChI=1S/C13H28O3Si/c1-5-9-10-11-12-13-17(14-6-2,15-7-3)16-8-4/h9-10H,5-8,11-13H2,1-4H3/b10-9+. The maximum absolute atomic E-state index is 5.79. The molecule has 102 valence electrons. The van der Waals surface area contributed by atoms with E-state index >= 15 is 0 Å². The van der Waals surface area contributed by atoms with E-state index in [2.05, 4.69) is 19.1 Å². The molecule has 0 aromatic heterocycles. The maximum Gasteiger partial charge on any atom is 0.500 e. The number of hydrogen-bond acceptors (Lipinski definition) is 3. The van der Waals surface area contributed by atoms with Crippen molar-refractivity contribution in [3.05, 3.63) is 12.2 Å². The Morgan fingerprint density at radius 2 is 1.35 bits per heavy atom. The fourth-order valence-corrected chi connectivity index (χ4v) is 4.36.